The molecule has 1 amide bonds. The third-order valence-electron chi connectivity index (χ3n) is 1.77. The summed E-state index contributed by atoms with van der Waals surface area (Å²) in [7, 11) is 0. The molecule has 0 radical (unpaired) electrons. The summed E-state index contributed by atoms with van der Waals surface area (Å²) < 4.78 is 4.94. The Kier molecular flexibility index (Phi) is 2.27. The molecule has 0 bridgehead atoms. The molecule has 0 spiro atoms. The predicted octanol–water partition coefficient (Wildman–Crippen LogP) is 1.91. The summed E-state index contributed by atoms with van der Waals surface area (Å²) in [6, 6.07) is 7.20. The normalized spacial score (nSPS) is 9.71. The Morgan fingerprint density at radius 3 is 3.00 bits per heavy atom. The molecule has 0 aliphatic rings. The lowest BCUT2D eigenvalue weighted by Crippen LogP contribution is -1.96. The molecule has 4 heteroatoms. The molecule has 2 aromatic heterocycles. The van der Waals surface area contributed by atoms with Gasteiger partial charge in [-0.05, 0) is 18.2 Å². The standard InChI is InChI=1S/C10H8N2O2/c13-7-11-10-3-1-2-9(12-10)8-4-5-14-6-8/h1-7H,(H,11,12,13). The second-order valence-electron chi connectivity index (χ2n) is 2.68. The van der Waals surface area contributed by atoms with E-state index in [1.807, 2.05) is 18.2 Å². The van der Waals surface area contributed by atoms with Crippen molar-refractivity contribution in [2.24, 2.45) is 0 Å². The van der Waals surface area contributed by atoms with Crippen LogP contribution in [0, 0.1) is 0 Å². The van der Waals surface area contributed by atoms with Gasteiger partial charge in [-0.1, -0.05) is 6.07 Å². The minimum atomic E-state index is 0.527. The number of nitrogens with zero attached hydrogens (tertiary/aromatic N) is 1. The van der Waals surface area contributed by atoms with Gasteiger partial charge in [0.25, 0.3) is 0 Å². The molecule has 2 heterocycles. The number of rotatable bonds is 3. The summed E-state index contributed by atoms with van der Waals surface area (Å²) in [5.74, 6) is 0.527. The Morgan fingerprint density at radius 1 is 1.36 bits per heavy atom. The van der Waals surface area contributed by atoms with E-state index in [1.54, 1.807) is 18.6 Å². The molecule has 14 heavy (non-hydrogen) atoms. The summed E-state index contributed by atoms with van der Waals surface area (Å²) in [6.07, 6.45) is 3.78. The van der Waals surface area contributed by atoms with Gasteiger partial charge in [-0.2, -0.15) is 0 Å². The van der Waals surface area contributed by atoms with Crippen molar-refractivity contribution in [3.8, 4) is 11.3 Å². The van der Waals surface area contributed by atoms with Crippen LogP contribution in [0.15, 0.2) is 41.2 Å². The summed E-state index contributed by atoms with van der Waals surface area (Å²) in [5.41, 5.74) is 1.66. The fourth-order valence-electron chi connectivity index (χ4n) is 1.15. The molecule has 0 fully saturated rings. The summed E-state index contributed by atoms with van der Waals surface area (Å²) in [5, 5.41) is 2.49. The van der Waals surface area contributed by atoms with Crippen LogP contribution < -0.4 is 5.32 Å². The largest absolute Gasteiger partial charge is 0.472 e. The zero-order valence-electron chi connectivity index (χ0n) is 7.31. The highest BCUT2D eigenvalue weighted by Gasteiger charge is 2.00. The van der Waals surface area contributed by atoms with Crippen LogP contribution in [-0.2, 0) is 4.79 Å². The zero-order valence-corrected chi connectivity index (χ0v) is 7.31. The Bertz CT molecular complexity index is 423. The molecule has 0 unspecified atom stereocenters. The lowest BCUT2D eigenvalue weighted by atomic mass is 10.2. The number of pyridine rings is 1. The van der Waals surface area contributed by atoms with Crippen molar-refractivity contribution >= 4 is 12.2 Å². The van der Waals surface area contributed by atoms with Gasteiger partial charge < -0.3 is 9.73 Å². The SMILES string of the molecule is O=CNc1cccc(-c2ccoc2)n1. The third-order valence-corrected chi connectivity index (χ3v) is 1.77. The van der Waals surface area contributed by atoms with Crippen LogP contribution in [0.4, 0.5) is 5.82 Å². The molecule has 2 aromatic rings. The Labute approximate surface area is 80.6 Å². The van der Waals surface area contributed by atoms with Crippen LogP contribution in [0.25, 0.3) is 11.3 Å². The van der Waals surface area contributed by atoms with E-state index in [9.17, 15) is 4.79 Å². The van der Waals surface area contributed by atoms with E-state index in [0.29, 0.717) is 12.2 Å². The van der Waals surface area contributed by atoms with Gasteiger partial charge in [0.2, 0.25) is 6.41 Å². The van der Waals surface area contributed by atoms with Gasteiger partial charge >= 0.3 is 0 Å². The molecule has 70 valence electrons. The fraction of sp³-hybridized carbons (Fsp3) is 0. The lowest BCUT2D eigenvalue weighted by Gasteiger charge is -1.99. The Hall–Kier alpha value is -2.10. The molecule has 0 aromatic carbocycles. The average molecular weight is 188 g/mol. The van der Waals surface area contributed by atoms with Crippen LogP contribution in [0.2, 0.25) is 0 Å². The van der Waals surface area contributed by atoms with E-state index in [2.05, 4.69) is 10.3 Å². The summed E-state index contributed by atoms with van der Waals surface area (Å²) in [6.45, 7) is 0. The molecule has 0 saturated heterocycles. The van der Waals surface area contributed by atoms with E-state index in [0.717, 1.165) is 11.3 Å². The highest BCUT2D eigenvalue weighted by atomic mass is 16.3. The lowest BCUT2D eigenvalue weighted by molar-refractivity contribution is -0.105. The van der Waals surface area contributed by atoms with Crippen molar-refractivity contribution in [2.75, 3.05) is 5.32 Å². The number of anilines is 1. The van der Waals surface area contributed by atoms with Crippen LogP contribution >= 0.6 is 0 Å². The highest BCUT2D eigenvalue weighted by Crippen LogP contribution is 2.18. The molecule has 4 nitrogen and oxygen atoms in total. The van der Waals surface area contributed by atoms with Gasteiger partial charge in [-0.15, -0.1) is 0 Å². The monoisotopic (exact) mass is 188 g/mol. The zero-order chi connectivity index (χ0) is 9.80. The molecule has 2 rings (SSSR count). The van der Waals surface area contributed by atoms with Crippen molar-refractivity contribution in [3.05, 3.63) is 36.8 Å². The number of nitrogens with one attached hydrogen (secondary N) is 1. The predicted molar refractivity (Wildman–Crippen MR) is 51.6 cm³/mol. The van der Waals surface area contributed by atoms with Gasteiger partial charge in [-0.3, -0.25) is 4.79 Å². The van der Waals surface area contributed by atoms with Crippen LogP contribution in [-0.4, -0.2) is 11.4 Å². The van der Waals surface area contributed by atoms with E-state index < -0.39 is 0 Å². The molecule has 0 aliphatic heterocycles. The molecular weight excluding hydrogens is 180 g/mol. The van der Waals surface area contributed by atoms with Crippen molar-refractivity contribution in [1.82, 2.24) is 4.98 Å². The van der Waals surface area contributed by atoms with Crippen molar-refractivity contribution < 1.29 is 9.21 Å². The maximum Gasteiger partial charge on any atom is 0.212 e. The van der Waals surface area contributed by atoms with Crippen molar-refractivity contribution in [1.29, 1.82) is 0 Å². The minimum absolute atomic E-state index is 0.527. The maximum absolute atomic E-state index is 10.2. The van der Waals surface area contributed by atoms with Crippen molar-refractivity contribution in [3.63, 3.8) is 0 Å². The quantitative estimate of drug-likeness (QED) is 0.748. The summed E-state index contributed by atoms with van der Waals surface area (Å²) in [4.78, 5) is 14.4. The van der Waals surface area contributed by atoms with Crippen LogP contribution in [0.5, 0.6) is 0 Å². The maximum atomic E-state index is 10.2. The van der Waals surface area contributed by atoms with Gasteiger partial charge in [-0.25, -0.2) is 4.98 Å². The second kappa shape index (κ2) is 3.74. The first kappa shape index (κ1) is 8.50. The van der Waals surface area contributed by atoms with Crippen molar-refractivity contribution in [2.45, 2.75) is 0 Å². The topological polar surface area (TPSA) is 55.1 Å². The number of aromatic nitrogens is 1. The van der Waals surface area contributed by atoms with Gasteiger partial charge in [0.05, 0.1) is 18.2 Å². The Morgan fingerprint density at radius 2 is 2.29 bits per heavy atom. The molecule has 0 aliphatic carbocycles. The number of carbonyl (C=O) groups is 1. The number of carbonyl (C=O) groups excluding carboxylic acids is 1. The highest BCUT2D eigenvalue weighted by molar-refractivity contribution is 5.70. The first-order chi connectivity index (χ1) is 6.90. The first-order valence-electron chi connectivity index (χ1n) is 4.10. The molecule has 0 atom stereocenters. The van der Waals surface area contributed by atoms with Gasteiger partial charge in [0.15, 0.2) is 0 Å². The van der Waals surface area contributed by atoms with Crippen LogP contribution in [0.1, 0.15) is 0 Å². The smallest absolute Gasteiger partial charge is 0.212 e. The third kappa shape index (κ3) is 1.64. The Balaban J connectivity index is 2.35. The fourth-order valence-corrected chi connectivity index (χ4v) is 1.15. The number of amides is 1. The van der Waals surface area contributed by atoms with E-state index >= 15 is 0 Å². The number of hydrogen-bond donors (Lipinski definition) is 1. The van der Waals surface area contributed by atoms with Crippen LogP contribution in [0.3, 0.4) is 0 Å². The van der Waals surface area contributed by atoms with E-state index in [1.165, 1.54) is 0 Å². The second-order valence-corrected chi connectivity index (χ2v) is 2.68. The molecule has 0 saturated carbocycles. The average Bonchev–Trinajstić information content (AvgIpc) is 2.71. The number of hydrogen-bond acceptors (Lipinski definition) is 3. The molecule has 1 N–H and O–H groups in total. The first-order valence-corrected chi connectivity index (χ1v) is 4.10. The minimum Gasteiger partial charge on any atom is -0.472 e. The molecular formula is C10H8N2O2. The van der Waals surface area contributed by atoms with E-state index in [-0.39, 0.29) is 0 Å². The number of furan rings is 1. The van der Waals surface area contributed by atoms with E-state index in [4.69, 9.17) is 4.42 Å². The van der Waals surface area contributed by atoms with Gasteiger partial charge in [0, 0.05) is 5.56 Å². The summed E-state index contributed by atoms with van der Waals surface area (Å²) >= 11 is 0. The van der Waals surface area contributed by atoms with Gasteiger partial charge in [0.1, 0.15) is 5.82 Å².